The third-order valence-corrected chi connectivity index (χ3v) is 3.83. The Kier molecular flexibility index (Phi) is 8.96. The quantitative estimate of drug-likeness (QED) is 0.641. The highest BCUT2D eigenvalue weighted by Crippen LogP contribution is 2.20. The van der Waals surface area contributed by atoms with E-state index >= 15 is 0 Å². The van der Waals surface area contributed by atoms with Crippen LogP contribution in [-0.4, -0.2) is 44.3 Å². The fourth-order valence-corrected chi connectivity index (χ4v) is 2.36. The Bertz CT molecular complexity index is 469. The van der Waals surface area contributed by atoms with Gasteiger partial charge in [0.15, 0.2) is 0 Å². The van der Waals surface area contributed by atoms with Crippen LogP contribution in [0, 0.1) is 6.92 Å². The molecule has 1 amide bonds. The average molecular weight is 326 g/mol. The van der Waals surface area contributed by atoms with Crippen LogP contribution in [-0.2, 0) is 16.1 Å². The minimum absolute atomic E-state index is 0.127. The van der Waals surface area contributed by atoms with E-state index in [-0.39, 0.29) is 5.91 Å². The Morgan fingerprint density at radius 2 is 2.18 bits per heavy atom. The van der Waals surface area contributed by atoms with E-state index in [2.05, 4.69) is 5.32 Å². The largest absolute Gasteiger partial charge is 0.491 e. The van der Waals surface area contributed by atoms with Crippen molar-refractivity contribution in [2.24, 2.45) is 5.73 Å². The van der Waals surface area contributed by atoms with Gasteiger partial charge in [-0.25, -0.2) is 0 Å². The molecule has 0 saturated heterocycles. The first-order valence-electron chi connectivity index (χ1n) is 7.32. The van der Waals surface area contributed by atoms with Crippen LogP contribution >= 0.6 is 11.8 Å². The summed E-state index contributed by atoms with van der Waals surface area (Å²) in [4.78, 5) is 12.0. The van der Waals surface area contributed by atoms with Crippen molar-refractivity contribution < 1.29 is 14.3 Å². The van der Waals surface area contributed by atoms with Crippen LogP contribution in [0.4, 0.5) is 0 Å². The van der Waals surface area contributed by atoms with E-state index in [0.717, 1.165) is 22.6 Å². The number of methoxy groups -OCH3 is 1. The Morgan fingerprint density at radius 1 is 1.41 bits per heavy atom. The second-order valence-corrected chi connectivity index (χ2v) is 6.04. The molecule has 6 heteroatoms. The van der Waals surface area contributed by atoms with Gasteiger partial charge in [0.1, 0.15) is 12.4 Å². The van der Waals surface area contributed by atoms with E-state index < -0.39 is 6.04 Å². The normalized spacial score (nSPS) is 12.0. The molecule has 22 heavy (non-hydrogen) atoms. The number of aryl methyl sites for hydroxylation is 1. The van der Waals surface area contributed by atoms with Crippen LogP contribution in [0.25, 0.3) is 0 Å². The topological polar surface area (TPSA) is 73.6 Å². The standard InChI is InChI=1S/C16H26N2O3S/c1-12-4-5-13(15(10-12)21-8-7-20-2)11-18-16(19)14(17)6-9-22-3/h4-5,10,14H,6-9,11,17H2,1-3H3,(H,18,19)/t14-/m0/s1. The van der Waals surface area contributed by atoms with Gasteiger partial charge in [-0.15, -0.1) is 0 Å². The first kappa shape index (κ1) is 18.8. The molecule has 0 aliphatic carbocycles. The number of nitrogens with two attached hydrogens (primary N) is 1. The molecule has 0 fully saturated rings. The molecule has 0 aliphatic rings. The minimum atomic E-state index is -0.462. The van der Waals surface area contributed by atoms with Crippen molar-refractivity contribution in [3.63, 3.8) is 0 Å². The lowest BCUT2D eigenvalue weighted by atomic mass is 10.1. The van der Waals surface area contributed by atoms with Crippen LogP contribution in [0.1, 0.15) is 17.5 Å². The second kappa shape index (κ2) is 10.5. The summed E-state index contributed by atoms with van der Waals surface area (Å²) in [6.45, 7) is 3.42. The second-order valence-electron chi connectivity index (χ2n) is 5.06. The number of amides is 1. The van der Waals surface area contributed by atoms with Crippen molar-refractivity contribution in [3.05, 3.63) is 29.3 Å². The Balaban J connectivity index is 2.58. The van der Waals surface area contributed by atoms with Crippen LogP contribution in [0.15, 0.2) is 18.2 Å². The van der Waals surface area contributed by atoms with Crippen molar-refractivity contribution in [2.45, 2.75) is 25.9 Å². The first-order chi connectivity index (χ1) is 10.6. The zero-order valence-corrected chi connectivity index (χ0v) is 14.4. The van der Waals surface area contributed by atoms with Crippen LogP contribution in [0.5, 0.6) is 5.75 Å². The maximum Gasteiger partial charge on any atom is 0.237 e. The van der Waals surface area contributed by atoms with Crippen LogP contribution in [0.3, 0.4) is 0 Å². The van der Waals surface area contributed by atoms with Gasteiger partial charge in [0.2, 0.25) is 5.91 Å². The summed E-state index contributed by atoms with van der Waals surface area (Å²) in [5.41, 5.74) is 7.90. The lowest BCUT2D eigenvalue weighted by molar-refractivity contribution is -0.122. The Labute approximate surface area is 136 Å². The van der Waals surface area contributed by atoms with Crippen molar-refractivity contribution in [1.29, 1.82) is 0 Å². The third-order valence-electron chi connectivity index (χ3n) is 3.19. The van der Waals surface area contributed by atoms with Crippen LogP contribution < -0.4 is 15.8 Å². The molecule has 3 N–H and O–H groups in total. The maximum absolute atomic E-state index is 12.0. The summed E-state index contributed by atoms with van der Waals surface area (Å²) in [7, 11) is 1.64. The van der Waals surface area contributed by atoms with Gasteiger partial charge >= 0.3 is 0 Å². The van der Waals surface area contributed by atoms with Crippen molar-refractivity contribution in [2.75, 3.05) is 32.3 Å². The number of carbonyl (C=O) groups excluding carboxylic acids is 1. The molecule has 0 aliphatic heterocycles. The highest BCUT2D eigenvalue weighted by molar-refractivity contribution is 7.98. The molecular formula is C16H26N2O3S. The molecule has 0 aromatic heterocycles. The minimum Gasteiger partial charge on any atom is -0.491 e. The monoisotopic (exact) mass is 326 g/mol. The zero-order chi connectivity index (χ0) is 16.4. The maximum atomic E-state index is 12.0. The predicted octanol–water partition coefficient (Wildman–Crippen LogP) is 1.72. The number of hydrogen-bond donors (Lipinski definition) is 2. The van der Waals surface area contributed by atoms with Gasteiger partial charge in [-0.1, -0.05) is 12.1 Å². The SMILES string of the molecule is COCCOc1cc(C)ccc1CNC(=O)[C@@H](N)CCSC. The van der Waals surface area contributed by atoms with Crippen molar-refractivity contribution >= 4 is 17.7 Å². The molecule has 0 spiro atoms. The molecule has 1 rings (SSSR count). The molecule has 0 radical (unpaired) electrons. The predicted molar refractivity (Wildman–Crippen MR) is 91.4 cm³/mol. The lowest BCUT2D eigenvalue weighted by Crippen LogP contribution is -2.40. The number of hydrogen-bond acceptors (Lipinski definition) is 5. The van der Waals surface area contributed by atoms with Crippen LogP contribution in [0.2, 0.25) is 0 Å². The Morgan fingerprint density at radius 3 is 2.86 bits per heavy atom. The van der Waals surface area contributed by atoms with Gasteiger partial charge in [-0.05, 0) is 37.0 Å². The highest BCUT2D eigenvalue weighted by atomic mass is 32.2. The molecule has 124 valence electrons. The van der Waals surface area contributed by atoms with E-state index in [1.807, 2.05) is 31.4 Å². The molecule has 1 aromatic carbocycles. The van der Waals surface area contributed by atoms with E-state index in [0.29, 0.717) is 26.2 Å². The molecule has 0 heterocycles. The van der Waals surface area contributed by atoms with E-state index in [1.165, 1.54) is 0 Å². The highest BCUT2D eigenvalue weighted by Gasteiger charge is 2.13. The summed E-state index contributed by atoms with van der Waals surface area (Å²) in [6.07, 6.45) is 2.68. The fourth-order valence-electron chi connectivity index (χ4n) is 1.87. The summed E-state index contributed by atoms with van der Waals surface area (Å²) in [5, 5.41) is 2.87. The van der Waals surface area contributed by atoms with Gasteiger partial charge < -0.3 is 20.5 Å². The molecule has 0 saturated carbocycles. The summed E-state index contributed by atoms with van der Waals surface area (Å²) >= 11 is 1.69. The molecule has 1 aromatic rings. The van der Waals surface area contributed by atoms with E-state index in [9.17, 15) is 4.79 Å². The zero-order valence-electron chi connectivity index (χ0n) is 13.6. The number of thioether (sulfide) groups is 1. The smallest absolute Gasteiger partial charge is 0.237 e. The first-order valence-corrected chi connectivity index (χ1v) is 8.71. The van der Waals surface area contributed by atoms with Gasteiger partial charge in [-0.3, -0.25) is 4.79 Å². The molecular weight excluding hydrogens is 300 g/mol. The summed E-state index contributed by atoms with van der Waals surface area (Å²) in [5.74, 6) is 1.53. The third kappa shape index (κ3) is 6.68. The van der Waals surface area contributed by atoms with Gasteiger partial charge in [0, 0.05) is 19.2 Å². The molecule has 5 nitrogen and oxygen atoms in total. The lowest BCUT2D eigenvalue weighted by Gasteiger charge is -2.15. The van der Waals surface area contributed by atoms with Crippen molar-refractivity contribution in [3.8, 4) is 5.75 Å². The number of ether oxygens (including phenoxy) is 2. The van der Waals surface area contributed by atoms with Gasteiger partial charge in [0.25, 0.3) is 0 Å². The molecule has 1 atom stereocenters. The van der Waals surface area contributed by atoms with E-state index in [1.54, 1.807) is 18.9 Å². The van der Waals surface area contributed by atoms with Crippen molar-refractivity contribution in [1.82, 2.24) is 5.32 Å². The number of rotatable bonds is 10. The summed E-state index contributed by atoms with van der Waals surface area (Å²) < 4.78 is 10.7. The Hall–Kier alpha value is -1.24. The van der Waals surface area contributed by atoms with E-state index in [4.69, 9.17) is 15.2 Å². The fraction of sp³-hybridized carbons (Fsp3) is 0.562. The molecule has 0 bridgehead atoms. The molecule has 0 unspecified atom stereocenters. The number of carbonyl (C=O) groups is 1. The number of nitrogens with one attached hydrogen (secondary N) is 1. The average Bonchev–Trinajstić information content (AvgIpc) is 2.51. The van der Waals surface area contributed by atoms with Gasteiger partial charge in [0.05, 0.1) is 12.6 Å². The number of benzene rings is 1. The summed E-state index contributed by atoms with van der Waals surface area (Å²) in [6, 6.07) is 5.46. The van der Waals surface area contributed by atoms with Gasteiger partial charge in [-0.2, -0.15) is 11.8 Å².